The summed E-state index contributed by atoms with van der Waals surface area (Å²) in [5.74, 6) is -2.43. The number of aromatic carboxylic acids is 1. The number of hydrogen-bond donors (Lipinski definition) is 2. The SMILES string of the molecule is O=C(O)c1ccc(F)c(S(=O)(=O)Cl)c1.O=S(=O)(O)Cl. The molecule has 0 bridgehead atoms. The highest BCUT2D eigenvalue weighted by Crippen LogP contribution is 2.20. The van der Waals surface area contributed by atoms with E-state index in [2.05, 4.69) is 10.7 Å². The summed E-state index contributed by atoms with van der Waals surface area (Å²) in [6, 6.07) is 2.35. The fraction of sp³-hybridized carbons (Fsp3) is 0. The van der Waals surface area contributed by atoms with Crippen molar-refractivity contribution in [3.05, 3.63) is 29.6 Å². The second-order valence-electron chi connectivity index (χ2n) is 2.80. The highest BCUT2D eigenvalue weighted by Gasteiger charge is 2.18. The predicted octanol–water partition coefficient (Wildman–Crippen LogP) is 1.48. The van der Waals surface area contributed by atoms with Crippen molar-refractivity contribution in [3.63, 3.8) is 0 Å². The standard InChI is InChI=1S/C7H4ClFO4S.ClHO3S/c8-14(12,13)6-3-4(7(10)11)1-2-5(6)9;1-5(2,3)4/h1-3H,(H,10,11);(H,2,3,4). The van der Waals surface area contributed by atoms with Gasteiger partial charge < -0.3 is 5.11 Å². The van der Waals surface area contributed by atoms with Gasteiger partial charge in [-0.2, -0.15) is 8.42 Å². The summed E-state index contributed by atoms with van der Waals surface area (Å²) in [4.78, 5) is 9.60. The fourth-order valence-electron chi connectivity index (χ4n) is 0.823. The van der Waals surface area contributed by atoms with Crippen LogP contribution in [0.1, 0.15) is 10.4 Å². The van der Waals surface area contributed by atoms with Crippen LogP contribution >= 0.6 is 21.4 Å². The van der Waals surface area contributed by atoms with Crippen molar-refractivity contribution in [2.45, 2.75) is 4.90 Å². The molecule has 0 heterocycles. The first kappa shape index (κ1) is 18.1. The van der Waals surface area contributed by atoms with Crippen molar-refractivity contribution in [3.8, 4) is 0 Å². The van der Waals surface area contributed by atoms with Gasteiger partial charge >= 0.3 is 15.3 Å². The van der Waals surface area contributed by atoms with Crippen molar-refractivity contribution in [2.75, 3.05) is 0 Å². The van der Waals surface area contributed by atoms with Gasteiger partial charge in [0.25, 0.3) is 9.05 Å². The van der Waals surface area contributed by atoms with Gasteiger partial charge in [-0.15, -0.1) is 0 Å². The van der Waals surface area contributed by atoms with Crippen LogP contribution in [0.15, 0.2) is 23.1 Å². The van der Waals surface area contributed by atoms with Crippen LogP contribution in [0, 0.1) is 5.82 Å². The molecule has 0 spiro atoms. The molecule has 0 aliphatic heterocycles. The summed E-state index contributed by atoms with van der Waals surface area (Å²) in [6.07, 6.45) is 0. The van der Waals surface area contributed by atoms with E-state index in [1.165, 1.54) is 0 Å². The zero-order chi connectivity index (χ0) is 15.4. The van der Waals surface area contributed by atoms with Crippen molar-refractivity contribution < 1.29 is 35.7 Å². The van der Waals surface area contributed by atoms with Crippen LogP contribution < -0.4 is 0 Å². The Morgan fingerprint density at radius 2 is 1.58 bits per heavy atom. The molecule has 1 aromatic rings. The molecular weight excluding hydrogens is 350 g/mol. The van der Waals surface area contributed by atoms with Gasteiger partial charge in [-0.1, -0.05) is 0 Å². The Kier molecular flexibility index (Phi) is 6.16. The second kappa shape index (κ2) is 6.48. The Morgan fingerprint density at radius 3 is 1.89 bits per heavy atom. The van der Waals surface area contributed by atoms with E-state index < -0.39 is 35.1 Å². The van der Waals surface area contributed by atoms with Crippen molar-refractivity contribution in [2.24, 2.45) is 0 Å². The summed E-state index contributed by atoms with van der Waals surface area (Å²) in [7, 11) is 0.488. The Hall–Kier alpha value is -0.940. The minimum atomic E-state index is -4.26. The second-order valence-corrected chi connectivity index (χ2v) is 7.33. The van der Waals surface area contributed by atoms with Gasteiger partial charge in [0.05, 0.1) is 5.56 Å². The molecule has 12 heteroatoms. The lowest BCUT2D eigenvalue weighted by atomic mass is 10.2. The molecule has 0 fully saturated rings. The molecule has 0 amide bonds. The molecule has 7 nitrogen and oxygen atoms in total. The highest BCUT2D eigenvalue weighted by atomic mass is 35.7. The highest BCUT2D eigenvalue weighted by molar-refractivity contribution is 8.13. The molecular formula is C7H5Cl2FO7S2. The van der Waals surface area contributed by atoms with Gasteiger partial charge in [0.1, 0.15) is 10.7 Å². The van der Waals surface area contributed by atoms with E-state index in [4.69, 9.17) is 28.8 Å². The molecule has 1 aromatic carbocycles. The van der Waals surface area contributed by atoms with Gasteiger partial charge in [-0.25, -0.2) is 17.6 Å². The Bertz CT molecular complexity index is 675. The third-order valence-corrected chi connectivity index (χ3v) is 2.78. The number of benzene rings is 1. The topological polar surface area (TPSA) is 126 Å². The summed E-state index contributed by atoms with van der Waals surface area (Å²) < 4.78 is 59.6. The summed E-state index contributed by atoms with van der Waals surface area (Å²) in [6.45, 7) is 0. The largest absolute Gasteiger partial charge is 0.478 e. The maximum absolute atomic E-state index is 12.9. The van der Waals surface area contributed by atoms with E-state index in [1.54, 1.807) is 0 Å². The first-order chi connectivity index (χ1) is 8.32. The average molecular weight is 355 g/mol. The van der Waals surface area contributed by atoms with E-state index in [1.807, 2.05) is 0 Å². The van der Waals surface area contributed by atoms with Gasteiger partial charge in [-0.05, 0) is 18.2 Å². The average Bonchev–Trinajstić information content (AvgIpc) is 2.13. The molecule has 19 heavy (non-hydrogen) atoms. The third kappa shape index (κ3) is 7.95. The monoisotopic (exact) mass is 354 g/mol. The number of carboxylic acid groups (broad SMARTS) is 1. The molecule has 108 valence electrons. The molecule has 0 unspecified atom stereocenters. The minimum Gasteiger partial charge on any atom is -0.478 e. The lowest BCUT2D eigenvalue weighted by molar-refractivity contribution is 0.0696. The van der Waals surface area contributed by atoms with E-state index in [9.17, 15) is 17.6 Å². The fourth-order valence-corrected chi connectivity index (χ4v) is 1.75. The number of carbonyl (C=O) groups is 1. The molecule has 0 atom stereocenters. The summed E-state index contributed by atoms with van der Waals surface area (Å²) in [5, 5.41) is 8.51. The van der Waals surface area contributed by atoms with Crippen LogP contribution in [0.5, 0.6) is 0 Å². The zero-order valence-corrected chi connectivity index (χ0v) is 11.8. The Balaban J connectivity index is 0.000000555. The van der Waals surface area contributed by atoms with Crippen LogP contribution in [0.3, 0.4) is 0 Å². The minimum absolute atomic E-state index is 0.342. The van der Waals surface area contributed by atoms with Crippen LogP contribution in [-0.2, 0) is 18.4 Å². The van der Waals surface area contributed by atoms with Crippen molar-refractivity contribution in [1.82, 2.24) is 0 Å². The molecule has 2 N–H and O–H groups in total. The maximum atomic E-state index is 12.9. The molecule has 0 saturated heterocycles. The Labute approximate surface area is 116 Å². The number of carboxylic acids is 1. The van der Waals surface area contributed by atoms with Crippen molar-refractivity contribution >= 4 is 45.7 Å². The maximum Gasteiger partial charge on any atom is 0.353 e. The van der Waals surface area contributed by atoms with E-state index in [-0.39, 0.29) is 5.56 Å². The van der Waals surface area contributed by atoms with Gasteiger partial charge in [0.2, 0.25) is 0 Å². The number of halogens is 3. The summed E-state index contributed by atoms with van der Waals surface area (Å²) >= 11 is 0. The van der Waals surface area contributed by atoms with Crippen LogP contribution in [-0.4, -0.2) is 32.5 Å². The van der Waals surface area contributed by atoms with Gasteiger partial charge in [-0.3, -0.25) is 4.55 Å². The Morgan fingerprint density at radius 1 is 1.16 bits per heavy atom. The number of rotatable bonds is 2. The summed E-state index contributed by atoms with van der Waals surface area (Å²) in [5.41, 5.74) is -0.342. The molecule has 0 aliphatic rings. The first-order valence-corrected chi connectivity index (χ1v) is 8.54. The van der Waals surface area contributed by atoms with Gasteiger partial charge in [0, 0.05) is 21.4 Å². The molecule has 0 aliphatic carbocycles. The molecule has 0 aromatic heterocycles. The van der Waals surface area contributed by atoms with E-state index in [0.29, 0.717) is 6.07 Å². The van der Waals surface area contributed by atoms with E-state index in [0.717, 1.165) is 12.1 Å². The first-order valence-electron chi connectivity index (χ1n) is 3.97. The number of hydrogen-bond acceptors (Lipinski definition) is 5. The molecule has 1 rings (SSSR count). The van der Waals surface area contributed by atoms with Gasteiger partial charge in [0.15, 0.2) is 0 Å². The normalized spacial score (nSPS) is 11.4. The smallest absolute Gasteiger partial charge is 0.353 e. The van der Waals surface area contributed by atoms with Crippen molar-refractivity contribution in [1.29, 1.82) is 0 Å². The molecule has 0 saturated carbocycles. The zero-order valence-electron chi connectivity index (χ0n) is 8.62. The van der Waals surface area contributed by atoms with Crippen LogP contribution in [0.4, 0.5) is 4.39 Å². The quantitative estimate of drug-likeness (QED) is 0.608. The molecule has 0 radical (unpaired) electrons. The third-order valence-electron chi connectivity index (χ3n) is 1.44. The predicted molar refractivity (Wildman–Crippen MR) is 63.8 cm³/mol. The van der Waals surface area contributed by atoms with E-state index >= 15 is 0 Å². The lowest BCUT2D eigenvalue weighted by Crippen LogP contribution is -2.01. The van der Waals surface area contributed by atoms with Crippen LogP contribution in [0.2, 0.25) is 0 Å². The lowest BCUT2D eigenvalue weighted by Gasteiger charge is -1.99. The van der Waals surface area contributed by atoms with Crippen LogP contribution in [0.25, 0.3) is 0 Å².